The zero-order chi connectivity index (χ0) is 10.1. The van der Waals surface area contributed by atoms with E-state index < -0.39 is 5.60 Å². The van der Waals surface area contributed by atoms with Crippen molar-refractivity contribution in [3.05, 3.63) is 0 Å². The van der Waals surface area contributed by atoms with Crippen molar-refractivity contribution in [1.82, 2.24) is 5.32 Å². The van der Waals surface area contributed by atoms with Crippen LogP contribution < -0.4 is 11.1 Å². The zero-order valence-corrected chi connectivity index (χ0v) is 9.69. The Morgan fingerprint density at radius 2 is 2.00 bits per heavy atom. The summed E-state index contributed by atoms with van der Waals surface area (Å²) < 4.78 is 5.23. The van der Waals surface area contributed by atoms with E-state index >= 15 is 0 Å². The van der Waals surface area contributed by atoms with Crippen molar-refractivity contribution in [1.29, 1.82) is 0 Å². The van der Waals surface area contributed by atoms with Gasteiger partial charge in [-0.25, -0.2) is 0 Å². The summed E-state index contributed by atoms with van der Waals surface area (Å²) in [6.45, 7) is 6.91. The Labute approximate surface area is 91.0 Å². The summed E-state index contributed by atoms with van der Waals surface area (Å²) in [5, 5.41) is 3.06. The molecule has 2 atom stereocenters. The third-order valence-electron chi connectivity index (χ3n) is 1.97. The van der Waals surface area contributed by atoms with Crippen LogP contribution in [-0.4, -0.2) is 30.7 Å². The van der Waals surface area contributed by atoms with Crippen LogP contribution in [0.25, 0.3) is 0 Å². The standard InChI is InChI=1S/C9H18N2O2.ClH/c1-9(2,3)13-8(12)6-4-11-5-7(6)10;/h6-7,11H,4-5,10H2,1-3H3;1H/t6-,7+;/m1./s1. The van der Waals surface area contributed by atoms with Crippen molar-refractivity contribution in [2.24, 2.45) is 11.7 Å². The molecule has 1 heterocycles. The number of ether oxygens (including phenoxy) is 1. The number of esters is 1. The van der Waals surface area contributed by atoms with Gasteiger partial charge in [0.25, 0.3) is 0 Å². The predicted octanol–water partition coefficient (Wildman–Crippen LogP) is 0.297. The molecule has 0 saturated carbocycles. The summed E-state index contributed by atoms with van der Waals surface area (Å²) in [6.07, 6.45) is 0. The second-order valence-electron chi connectivity index (χ2n) is 4.46. The molecule has 0 radical (unpaired) electrons. The fourth-order valence-corrected chi connectivity index (χ4v) is 1.33. The molecule has 0 bridgehead atoms. The molecule has 0 spiro atoms. The minimum atomic E-state index is -0.417. The number of rotatable bonds is 1. The number of carbonyl (C=O) groups excluding carboxylic acids is 1. The summed E-state index contributed by atoms with van der Waals surface area (Å²) in [7, 11) is 0. The lowest BCUT2D eigenvalue weighted by atomic mass is 10.0. The third kappa shape index (κ3) is 3.82. The van der Waals surface area contributed by atoms with E-state index in [-0.39, 0.29) is 30.3 Å². The molecule has 4 nitrogen and oxygen atoms in total. The first-order valence-corrected chi connectivity index (χ1v) is 4.59. The van der Waals surface area contributed by atoms with Crippen LogP contribution >= 0.6 is 12.4 Å². The number of halogens is 1. The average molecular weight is 223 g/mol. The molecule has 1 fully saturated rings. The lowest BCUT2D eigenvalue weighted by Gasteiger charge is -2.23. The van der Waals surface area contributed by atoms with Crippen LogP contribution in [0.2, 0.25) is 0 Å². The highest BCUT2D eigenvalue weighted by molar-refractivity contribution is 5.85. The molecule has 1 aliphatic heterocycles. The van der Waals surface area contributed by atoms with Gasteiger partial charge in [0.05, 0.1) is 5.92 Å². The summed E-state index contributed by atoms with van der Waals surface area (Å²) >= 11 is 0. The maximum absolute atomic E-state index is 11.5. The Morgan fingerprint density at radius 3 is 2.36 bits per heavy atom. The van der Waals surface area contributed by atoms with Gasteiger partial charge >= 0.3 is 5.97 Å². The molecule has 0 aromatic rings. The average Bonchev–Trinajstić information content (AvgIpc) is 2.30. The Balaban J connectivity index is 0.00000169. The largest absolute Gasteiger partial charge is 0.460 e. The quantitative estimate of drug-likeness (QED) is 0.627. The highest BCUT2D eigenvalue weighted by atomic mass is 35.5. The molecule has 0 aromatic carbocycles. The van der Waals surface area contributed by atoms with Gasteiger partial charge in [-0.1, -0.05) is 0 Å². The first-order valence-electron chi connectivity index (χ1n) is 4.59. The number of hydrogen-bond acceptors (Lipinski definition) is 4. The first-order chi connectivity index (χ1) is 5.90. The monoisotopic (exact) mass is 222 g/mol. The highest BCUT2D eigenvalue weighted by Crippen LogP contribution is 2.15. The molecular formula is C9H19ClN2O2. The maximum atomic E-state index is 11.5. The van der Waals surface area contributed by atoms with Crippen LogP contribution in [0.5, 0.6) is 0 Å². The van der Waals surface area contributed by atoms with E-state index in [4.69, 9.17) is 10.5 Å². The summed E-state index contributed by atoms with van der Waals surface area (Å²) in [6, 6.07) is -0.102. The van der Waals surface area contributed by atoms with Crippen LogP contribution in [0.1, 0.15) is 20.8 Å². The van der Waals surface area contributed by atoms with E-state index in [2.05, 4.69) is 5.32 Å². The smallest absolute Gasteiger partial charge is 0.312 e. The molecular weight excluding hydrogens is 204 g/mol. The minimum absolute atomic E-state index is 0. The molecule has 1 aliphatic rings. The normalized spacial score (nSPS) is 26.9. The van der Waals surface area contributed by atoms with Crippen molar-refractivity contribution < 1.29 is 9.53 Å². The summed E-state index contributed by atoms with van der Waals surface area (Å²) in [5.74, 6) is -0.371. The summed E-state index contributed by atoms with van der Waals surface area (Å²) in [4.78, 5) is 11.5. The lowest BCUT2D eigenvalue weighted by molar-refractivity contribution is -0.159. The van der Waals surface area contributed by atoms with Gasteiger partial charge in [0.15, 0.2) is 0 Å². The van der Waals surface area contributed by atoms with E-state index in [0.29, 0.717) is 13.1 Å². The SMILES string of the molecule is CC(C)(C)OC(=O)[C@@H]1CNC[C@@H]1N.Cl. The van der Waals surface area contributed by atoms with Crippen molar-refractivity contribution in [2.75, 3.05) is 13.1 Å². The van der Waals surface area contributed by atoms with Crippen LogP contribution in [-0.2, 0) is 9.53 Å². The number of carbonyl (C=O) groups is 1. The number of nitrogens with one attached hydrogen (secondary N) is 1. The fourth-order valence-electron chi connectivity index (χ4n) is 1.33. The third-order valence-corrected chi connectivity index (χ3v) is 1.97. The lowest BCUT2D eigenvalue weighted by Crippen LogP contribution is -2.38. The van der Waals surface area contributed by atoms with Gasteiger partial charge in [-0.05, 0) is 20.8 Å². The van der Waals surface area contributed by atoms with Gasteiger partial charge in [0.1, 0.15) is 5.60 Å². The number of hydrogen-bond donors (Lipinski definition) is 2. The first kappa shape index (κ1) is 13.7. The van der Waals surface area contributed by atoms with Crippen molar-refractivity contribution in [2.45, 2.75) is 32.4 Å². The molecule has 0 amide bonds. The zero-order valence-electron chi connectivity index (χ0n) is 8.87. The van der Waals surface area contributed by atoms with Gasteiger partial charge in [0.2, 0.25) is 0 Å². The van der Waals surface area contributed by atoms with Gasteiger partial charge < -0.3 is 15.8 Å². The highest BCUT2D eigenvalue weighted by Gasteiger charge is 2.33. The van der Waals surface area contributed by atoms with Gasteiger partial charge in [-0.2, -0.15) is 0 Å². The van der Waals surface area contributed by atoms with E-state index in [9.17, 15) is 4.79 Å². The predicted molar refractivity (Wildman–Crippen MR) is 57.4 cm³/mol. The van der Waals surface area contributed by atoms with Crippen LogP contribution in [0.15, 0.2) is 0 Å². The molecule has 84 valence electrons. The molecule has 1 saturated heterocycles. The minimum Gasteiger partial charge on any atom is -0.460 e. The van der Waals surface area contributed by atoms with Crippen LogP contribution in [0, 0.1) is 5.92 Å². The topological polar surface area (TPSA) is 64.3 Å². The van der Waals surface area contributed by atoms with E-state index in [1.165, 1.54) is 0 Å². The van der Waals surface area contributed by atoms with E-state index in [1.807, 2.05) is 20.8 Å². The summed E-state index contributed by atoms with van der Waals surface area (Å²) in [5.41, 5.74) is 5.32. The molecule has 0 aromatic heterocycles. The molecule has 3 N–H and O–H groups in total. The molecule has 1 rings (SSSR count). The maximum Gasteiger partial charge on any atom is 0.312 e. The van der Waals surface area contributed by atoms with E-state index in [0.717, 1.165) is 0 Å². The van der Waals surface area contributed by atoms with Gasteiger partial charge in [0, 0.05) is 19.1 Å². The van der Waals surface area contributed by atoms with Gasteiger partial charge in [-0.15, -0.1) is 12.4 Å². The Bertz CT molecular complexity index is 203. The van der Waals surface area contributed by atoms with Crippen LogP contribution in [0.3, 0.4) is 0 Å². The molecule has 0 unspecified atom stereocenters. The molecule has 0 aliphatic carbocycles. The van der Waals surface area contributed by atoms with Crippen molar-refractivity contribution in [3.8, 4) is 0 Å². The van der Waals surface area contributed by atoms with Crippen molar-refractivity contribution >= 4 is 18.4 Å². The van der Waals surface area contributed by atoms with Gasteiger partial charge in [-0.3, -0.25) is 4.79 Å². The molecule has 5 heteroatoms. The Morgan fingerprint density at radius 1 is 1.43 bits per heavy atom. The van der Waals surface area contributed by atoms with Crippen LogP contribution in [0.4, 0.5) is 0 Å². The fraction of sp³-hybridized carbons (Fsp3) is 0.889. The van der Waals surface area contributed by atoms with Crippen molar-refractivity contribution in [3.63, 3.8) is 0 Å². The Hall–Kier alpha value is -0.320. The second-order valence-corrected chi connectivity index (χ2v) is 4.46. The van der Waals surface area contributed by atoms with E-state index in [1.54, 1.807) is 0 Å². The Kier molecular flexibility index (Phi) is 4.84. The second kappa shape index (κ2) is 4.96. The number of nitrogens with two attached hydrogens (primary N) is 1. The molecule has 14 heavy (non-hydrogen) atoms.